The van der Waals surface area contributed by atoms with Crippen molar-refractivity contribution < 1.29 is 14.3 Å². The number of esters is 1. The lowest BCUT2D eigenvalue weighted by molar-refractivity contribution is 0.0519. The van der Waals surface area contributed by atoms with Gasteiger partial charge in [-0.05, 0) is 63.6 Å². The van der Waals surface area contributed by atoms with Crippen molar-refractivity contribution in [1.29, 1.82) is 0 Å². The van der Waals surface area contributed by atoms with Gasteiger partial charge in [0.1, 0.15) is 11.4 Å². The molecule has 26 heavy (non-hydrogen) atoms. The van der Waals surface area contributed by atoms with Crippen molar-refractivity contribution in [3.8, 4) is 0 Å². The topological polar surface area (TPSA) is 71.5 Å². The Labute approximate surface area is 154 Å². The largest absolute Gasteiger partial charge is 0.461 e. The molecule has 0 aliphatic rings. The Kier molecular flexibility index (Phi) is 6.72. The monoisotopic (exact) mass is 355 g/mol. The lowest BCUT2D eigenvalue weighted by atomic mass is 10.1. The summed E-state index contributed by atoms with van der Waals surface area (Å²) < 4.78 is 4.92. The van der Waals surface area contributed by atoms with E-state index in [1.807, 2.05) is 25.1 Å². The summed E-state index contributed by atoms with van der Waals surface area (Å²) in [7, 11) is 0. The summed E-state index contributed by atoms with van der Waals surface area (Å²) in [5.74, 6) is -0.906. The van der Waals surface area contributed by atoms with E-state index in [1.54, 1.807) is 19.1 Å². The lowest BCUT2D eigenvalue weighted by Gasteiger charge is -2.22. The summed E-state index contributed by atoms with van der Waals surface area (Å²) in [5.41, 5.74) is 3.09. The first-order chi connectivity index (χ1) is 12.5. The third-order valence-electron chi connectivity index (χ3n) is 4.05. The minimum absolute atomic E-state index is 0.119. The van der Waals surface area contributed by atoms with Gasteiger partial charge in [0.25, 0.3) is 5.91 Å². The van der Waals surface area contributed by atoms with Crippen molar-refractivity contribution in [1.82, 2.24) is 4.98 Å². The number of hydrogen-bond acceptors (Lipinski definition) is 5. The number of pyridine rings is 1. The fourth-order valence-electron chi connectivity index (χ4n) is 2.64. The average molecular weight is 355 g/mol. The molecule has 0 aliphatic heterocycles. The molecule has 0 spiro atoms. The first-order valence-corrected chi connectivity index (χ1v) is 8.81. The number of ether oxygens (including phenoxy) is 1. The standard InChI is InChI=1S/C20H25N3O3/c1-5-23(6-2)15-11-12-16(14(4)13-15)22-19(24)17-9-8-10-18(21-17)20(25)26-7-3/h8-13H,5-7H2,1-4H3,(H,22,24). The molecule has 0 saturated carbocycles. The first-order valence-electron chi connectivity index (χ1n) is 8.81. The number of carbonyl (C=O) groups excluding carboxylic acids is 2. The van der Waals surface area contributed by atoms with Crippen LogP contribution in [-0.4, -0.2) is 36.6 Å². The van der Waals surface area contributed by atoms with Crippen molar-refractivity contribution in [2.24, 2.45) is 0 Å². The molecule has 1 aromatic heterocycles. The van der Waals surface area contributed by atoms with E-state index in [4.69, 9.17) is 4.74 Å². The molecular weight excluding hydrogens is 330 g/mol. The minimum Gasteiger partial charge on any atom is -0.461 e. The molecule has 138 valence electrons. The number of carbonyl (C=O) groups is 2. The van der Waals surface area contributed by atoms with E-state index in [2.05, 4.69) is 29.0 Å². The normalized spacial score (nSPS) is 10.3. The number of nitrogens with one attached hydrogen (secondary N) is 1. The maximum atomic E-state index is 12.5. The Morgan fingerprint density at radius 2 is 1.77 bits per heavy atom. The number of aryl methyl sites for hydroxylation is 1. The summed E-state index contributed by atoms with van der Waals surface area (Å²) >= 11 is 0. The van der Waals surface area contributed by atoms with Gasteiger partial charge in [-0.25, -0.2) is 9.78 Å². The Morgan fingerprint density at radius 1 is 1.08 bits per heavy atom. The molecule has 1 N–H and O–H groups in total. The van der Waals surface area contributed by atoms with E-state index < -0.39 is 5.97 Å². The summed E-state index contributed by atoms with van der Waals surface area (Å²) in [6.45, 7) is 9.99. The molecule has 0 aliphatic carbocycles. The van der Waals surface area contributed by atoms with Gasteiger partial charge < -0.3 is 15.0 Å². The van der Waals surface area contributed by atoms with Gasteiger partial charge in [0, 0.05) is 24.5 Å². The zero-order valence-corrected chi connectivity index (χ0v) is 15.7. The van der Waals surface area contributed by atoms with Crippen LogP contribution in [0, 0.1) is 6.92 Å². The lowest BCUT2D eigenvalue weighted by Crippen LogP contribution is -2.22. The van der Waals surface area contributed by atoms with Crippen LogP contribution in [0.15, 0.2) is 36.4 Å². The van der Waals surface area contributed by atoms with Gasteiger partial charge in [0.2, 0.25) is 0 Å². The van der Waals surface area contributed by atoms with E-state index >= 15 is 0 Å². The van der Waals surface area contributed by atoms with Gasteiger partial charge in [0.05, 0.1) is 6.61 Å². The number of aromatic nitrogens is 1. The van der Waals surface area contributed by atoms with Crippen LogP contribution < -0.4 is 10.2 Å². The van der Waals surface area contributed by atoms with Crippen molar-refractivity contribution in [2.75, 3.05) is 29.9 Å². The maximum Gasteiger partial charge on any atom is 0.356 e. The second-order valence-electron chi connectivity index (χ2n) is 5.75. The summed E-state index contributed by atoms with van der Waals surface area (Å²) in [6.07, 6.45) is 0. The number of amides is 1. The molecule has 2 rings (SSSR count). The van der Waals surface area contributed by atoms with Gasteiger partial charge in [-0.15, -0.1) is 0 Å². The zero-order valence-electron chi connectivity index (χ0n) is 15.7. The number of benzene rings is 1. The van der Waals surface area contributed by atoms with Crippen LogP contribution in [0.1, 0.15) is 47.3 Å². The highest BCUT2D eigenvalue weighted by Crippen LogP contribution is 2.23. The maximum absolute atomic E-state index is 12.5. The predicted molar refractivity (Wildman–Crippen MR) is 103 cm³/mol. The Bertz CT molecular complexity index is 786. The Balaban J connectivity index is 2.17. The van der Waals surface area contributed by atoms with Crippen molar-refractivity contribution in [2.45, 2.75) is 27.7 Å². The van der Waals surface area contributed by atoms with Crippen LogP contribution >= 0.6 is 0 Å². The van der Waals surface area contributed by atoms with Crippen LogP contribution in [-0.2, 0) is 4.74 Å². The number of nitrogens with zero attached hydrogens (tertiary/aromatic N) is 2. The molecule has 0 radical (unpaired) electrons. The van der Waals surface area contributed by atoms with Gasteiger partial charge in [0.15, 0.2) is 0 Å². The molecule has 1 amide bonds. The van der Waals surface area contributed by atoms with Crippen molar-refractivity contribution in [3.05, 3.63) is 53.3 Å². The molecule has 0 fully saturated rings. The summed E-state index contributed by atoms with van der Waals surface area (Å²) in [6, 6.07) is 10.6. The number of rotatable bonds is 7. The number of hydrogen-bond donors (Lipinski definition) is 1. The molecule has 1 heterocycles. The Hall–Kier alpha value is -2.89. The third-order valence-corrected chi connectivity index (χ3v) is 4.05. The second-order valence-corrected chi connectivity index (χ2v) is 5.75. The van der Waals surface area contributed by atoms with E-state index in [9.17, 15) is 9.59 Å². The minimum atomic E-state index is -0.540. The number of anilines is 2. The molecular formula is C20H25N3O3. The molecule has 2 aromatic rings. The van der Waals surface area contributed by atoms with E-state index in [-0.39, 0.29) is 23.9 Å². The van der Waals surface area contributed by atoms with Crippen molar-refractivity contribution in [3.63, 3.8) is 0 Å². The van der Waals surface area contributed by atoms with Crippen LogP contribution in [0.3, 0.4) is 0 Å². The third kappa shape index (κ3) is 4.59. The quantitative estimate of drug-likeness (QED) is 0.767. The van der Waals surface area contributed by atoms with Crippen LogP contribution in [0.4, 0.5) is 11.4 Å². The summed E-state index contributed by atoms with van der Waals surface area (Å²) in [4.78, 5) is 30.6. The molecule has 6 heteroatoms. The van der Waals surface area contributed by atoms with Gasteiger partial charge in [-0.3, -0.25) is 4.79 Å². The smallest absolute Gasteiger partial charge is 0.356 e. The SMILES string of the molecule is CCOC(=O)c1cccc(C(=O)Nc2ccc(N(CC)CC)cc2C)n1. The predicted octanol–water partition coefficient (Wildman–Crippen LogP) is 3.67. The fourth-order valence-corrected chi connectivity index (χ4v) is 2.64. The highest BCUT2D eigenvalue weighted by atomic mass is 16.5. The van der Waals surface area contributed by atoms with E-state index in [0.29, 0.717) is 5.69 Å². The molecule has 0 bridgehead atoms. The molecule has 0 atom stereocenters. The van der Waals surface area contributed by atoms with Crippen molar-refractivity contribution >= 4 is 23.3 Å². The van der Waals surface area contributed by atoms with Crippen LogP contribution in [0.2, 0.25) is 0 Å². The van der Waals surface area contributed by atoms with Gasteiger partial charge >= 0.3 is 5.97 Å². The molecule has 0 saturated heterocycles. The highest BCUT2D eigenvalue weighted by molar-refractivity contribution is 6.04. The Morgan fingerprint density at radius 3 is 2.38 bits per heavy atom. The van der Waals surface area contributed by atoms with Gasteiger partial charge in [-0.1, -0.05) is 6.07 Å². The summed E-state index contributed by atoms with van der Waals surface area (Å²) in [5, 5.41) is 2.85. The molecule has 6 nitrogen and oxygen atoms in total. The molecule has 0 unspecified atom stereocenters. The van der Waals surface area contributed by atoms with Gasteiger partial charge in [-0.2, -0.15) is 0 Å². The van der Waals surface area contributed by atoms with E-state index in [1.165, 1.54) is 6.07 Å². The second kappa shape index (κ2) is 8.99. The first kappa shape index (κ1) is 19.4. The average Bonchev–Trinajstić information content (AvgIpc) is 2.65. The van der Waals surface area contributed by atoms with E-state index in [0.717, 1.165) is 24.3 Å². The highest BCUT2D eigenvalue weighted by Gasteiger charge is 2.14. The van der Waals surface area contributed by atoms with Crippen LogP contribution in [0.25, 0.3) is 0 Å². The van der Waals surface area contributed by atoms with Crippen LogP contribution in [0.5, 0.6) is 0 Å². The zero-order chi connectivity index (χ0) is 19.1. The molecule has 1 aromatic carbocycles. The fraction of sp³-hybridized carbons (Fsp3) is 0.350.